The summed E-state index contributed by atoms with van der Waals surface area (Å²) in [6.45, 7) is 0. The molecule has 0 spiro atoms. The van der Waals surface area contributed by atoms with Crippen molar-refractivity contribution in [1.82, 2.24) is 10.4 Å². The minimum atomic E-state index is -0.230. The molecule has 0 saturated carbocycles. The summed E-state index contributed by atoms with van der Waals surface area (Å²) in [6.07, 6.45) is 4.76. The van der Waals surface area contributed by atoms with Crippen LogP contribution in [0.15, 0.2) is 46.1 Å². The molecule has 0 bridgehead atoms. The molecule has 2 N–H and O–H groups in total. The molecule has 20 heavy (non-hydrogen) atoms. The Labute approximate surface area is 125 Å². The molecular weight excluding hydrogens is 318 g/mol. The van der Waals surface area contributed by atoms with Gasteiger partial charge in [0.05, 0.1) is 5.71 Å². The smallest absolute Gasteiger partial charge is 0.287 e. The lowest BCUT2D eigenvalue weighted by molar-refractivity contribution is 0.0950. The first kappa shape index (κ1) is 13.1. The summed E-state index contributed by atoms with van der Waals surface area (Å²) in [5.74, 6) is -0.230. The highest BCUT2D eigenvalue weighted by Gasteiger charge is 2.15. The van der Waals surface area contributed by atoms with E-state index in [1.807, 2.05) is 12.1 Å². The minimum Gasteiger partial charge on any atom is -0.356 e. The molecule has 1 aliphatic rings. The Bertz CT molecular complexity index is 675. The van der Waals surface area contributed by atoms with Gasteiger partial charge in [0.25, 0.3) is 5.91 Å². The summed E-state index contributed by atoms with van der Waals surface area (Å²) >= 11 is 3.30. The number of nitrogens with zero attached hydrogens (tertiary/aromatic N) is 1. The Balaban J connectivity index is 1.79. The summed E-state index contributed by atoms with van der Waals surface area (Å²) in [5.41, 5.74) is 6.51. The predicted molar refractivity (Wildman–Crippen MR) is 81.9 cm³/mol. The number of hydrogen-bond donors (Lipinski definition) is 2. The molecular formula is C15H14BrN3O. The van der Waals surface area contributed by atoms with Crippen LogP contribution in [0.3, 0.4) is 0 Å². The second-order valence-corrected chi connectivity index (χ2v) is 5.66. The Morgan fingerprint density at radius 1 is 1.30 bits per heavy atom. The highest BCUT2D eigenvalue weighted by molar-refractivity contribution is 9.10. The van der Waals surface area contributed by atoms with Gasteiger partial charge in [-0.2, -0.15) is 5.10 Å². The molecule has 0 unspecified atom stereocenters. The van der Waals surface area contributed by atoms with Crippen molar-refractivity contribution >= 4 is 27.5 Å². The normalized spacial score (nSPS) is 15.9. The minimum absolute atomic E-state index is 0.230. The average molecular weight is 332 g/mol. The zero-order valence-electron chi connectivity index (χ0n) is 10.8. The standard InChI is InChI=1S/C15H14BrN3O/c16-11-8-14(17-9-11)15(20)19-18-13-7-3-5-10-4-1-2-6-12(10)13/h1-2,4,6,8-9,17H,3,5,7H2,(H,19,20)/b18-13-. The maximum atomic E-state index is 11.9. The van der Waals surface area contributed by atoms with Gasteiger partial charge in [-0.15, -0.1) is 0 Å². The van der Waals surface area contributed by atoms with E-state index in [4.69, 9.17) is 0 Å². The molecule has 1 amide bonds. The van der Waals surface area contributed by atoms with Crippen LogP contribution in [0.4, 0.5) is 0 Å². The van der Waals surface area contributed by atoms with Crippen molar-refractivity contribution in [2.24, 2.45) is 5.10 Å². The van der Waals surface area contributed by atoms with E-state index in [0.717, 1.165) is 35.0 Å². The molecule has 1 aromatic carbocycles. The third-order valence-corrected chi connectivity index (χ3v) is 3.83. The van der Waals surface area contributed by atoms with E-state index in [-0.39, 0.29) is 5.91 Å². The maximum Gasteiger partial charge on any atom is 0.287 e. The zero-order valence-corrected chi connectivity index (χ0v) is 12.4. The topological polar surface area (TPSA) is 57.2 Å². The summed E-state index contributed by atoms with van der Waals surface area (Å²) in [6, 6.07) is 9.95. The van der Waals surface area contributed by atoms with Crippen LogP contribution in [0, 0.1) is 0 Å². The number of aromatic nitrogens is 1. The van der Waals surface area contributed by atoms with Gasteiger partial charge < -0.3 is 4.98 Å². The molecule has 1 heterocycles. The Morgan fingerprint density at radius 3 is 2.95 bits per heavy atom. The zero-order chi connectivity index (χ0) is 13.9. The molecule has 0 radical (unpaired) electrons. The number of carbonyl (C=O) groups is 1. The summed E-state index contributed by atoms with van der Waals surface area (Å²) in [7, 11) is 0. The number of hydrazone groups is 1. The second-order valence-electron chi connectivity index (χ2n) is 4.74. The maximum absolute atomic E-state index is 11.9. The number of hydrogen-bond acceptors (Lipinski definition) is 2. The molecule has 0 aliphatic heterocycles. The average Bonchev–Trinajstić information content (AvgIpc) is 2.91. The van der Waals surface area contributed by atoms with Gasteiger partial charge in [0, 0.05) is 16.2 Å². The number of halogens is 1. The van der Waals surface area contributed by atoms with Crippen molar-refractivity contribution in [3.63, 3.8) is 0 Å². The fourth-order valence-corrected chi connectivity index (χ4v) is 2.74. The third-order valence-electron chi connectivity index (χ3n) is 3.37. The van der Waals surface area contributed by atoms with Crippen molar-refractivity contribution in [3.8, 4) is 0 Å². The van der Waals surface area contributed by atoms with Gasteiger partial charge in [0.1, 0.15) is 5.69 Å². The molecule has 3 rings (SSSR count). The molecule has 4 nitrogen and oxygen atoms in total. The monoisotopic (exact) mass is 331 g/mol. The van der Waals surface area contributed by atoms with Crippen LogP contribution in [0.1, 0.15) is 34.5 Å². The van der Waals surface area contributed by atoms with Crippen molar-refractivity contribution in [1.29, 1.82) is 0 Å². The highest BCUT2D eigenvalue weighted by Crippen LogP contribution is 2.21. The van der Waals surface area contributed by atoms with E-state index in [1.165, 1.54) is 5.56 Å². The first-order valence-corrected chi connectivity index (χ1v) is 7.32. The molecule has 0 saturated heterocycles. The molecule has 1 aromatic heterocycles. The largest absolute Gasteiger partial charge is 0.356 e. The van der Waals surface area contributed by atoms with E-state index in [9.17, 15) is 4.79 Å². The highest BCUT2D eigenvalue weighted by atomic mass is 79.9. The van der Waals surface area contributed by atoms with Crippen LogP contribution < -0.4 is 5.43 Å². The van der Waals surface area contributed by atoms with E-state index >= 15 is 0 Å². The summed E-state index contributed by atoms with van der Waals surface area (Å²) in [5, 5.41) is 4.29. The molecule has 5 heteroatoms. The quantitative estimate of drug-likeness (QED) is 0.815. The number of amides is 1. The lowest BCUT2D eigenvalue weighted by Crippen LogP contribution is -2.22. The van der Waals surface area contributed by atoms with E-state index < -0.39 is 0 Å². The lowest BCUT2D eigenvalue weighted by atomic mass is 9.90. The van der Waals surface area contributed by atoms with Gasteiger partial charge >= 0.3 is 0 Å². The molecule has 0 fully saturated rings. The van der Waals surface area contributed by atoms with E-state index in [2.05, 4.69) is 43.6 Å². The molecule has 0 atom stereocenters. The summed E-state index contributed by atoms with van der Waals surface area (Å²) < 4.78 is 0.846. The lowest BCUT2D eigenvalue weighted by Gasteiger charge is -2.17. The van der Waals surface area contributed by atoms with Gasteiger partial charge in [0.2, 0.25) is 0 Å². The van der Waals surface area contributed by atoms with Gasteiger partial charge in [-0.05, 0) is 46.8 Å². The van der Waals surface area contributed by atoms with Crippen LogP contribution in [0.5, 0.6) is 0 Å². The number of carbonyl (C=O) groups excluding carboxylic acids is 1. The van der Waals surface area contributed by atoms with Crippen LogP contribution in [0.25, 0.3) is 0 Å². The van der Waals surface area contributed by atoms with E-state index in [1.54, 1.807) is 12.3 Å². The van der Waals surface area contributed by atoms with Gasteiger partial charge in [0.15, 0.2) is 0 Å². The summed E-state index contributed by atoms with van der Waals surface area (Å²) in [4.78, 5) is 14.8. The Kier molecular flexibility index (Phi) is 3.69. The van der Waals surface area contributed by atoms with Crippen molar-refractivity contribution in [3.05, 3.63) is 57.8 Å². The van der Waals surface area contributed by atoms with Crippen LogP contribution in [0.2, 0.25) is 0 Å². The fraction of sp³-hybridized carbons (Fsp3) is 0.200. The number of fused-ring (bicyclic) bond motifs is 1. The second kappa shape index (κ2) is 5.63. The van der Waals surface area contributed by atoms with E-state index in [0.29, 0.717) is 5.69 Å². The van der Waals surface area contributed by atoms with Gasteiger partial charge in [-0.1, -0.05) is 24.3 Å². The van der Waals surface area contributed by atoms with Gasteiger partial charge in [-0.3, -0.25) is 4.79 Å². The molecule has 1 aliphatic carbocycles. The number of rotatable bonds is 2. The number of aromatic amines is 1. The third kappa shape index (κ3) is 2.67. The molecule has 102 valence electrons. The predicted octanol–water partition coefficient (Wildman–Crippen LogP) is 3.25. The Hall–Kier alpha value is -1.88. The van der Waals surface area contributed by atoms with Crippen molar-refractivity contribution in [2.75, 3.05) is 0 Å². The van der Waals surface area contributed by atoms with Crippen molar-refractivity contribution < 1.29 is 4.79 Å². The molecule has 2 aromatic rings. The number of nitrogens with one attached hydrogen (secondary N) is 2. The van der Waals surface area contributed by atoms with Crippen LogP contribution >= 0.6 is 15.9 Å². The fourth-order valence-electron chi connectivity index (χ4n) is 2.39. The Morgan fingerprint density at radius 2 is 2.15 bits per heavy atom. The number of aryl methyl sites for hydroxylation is 1. The van der Waals surface area contributed by atoms with Gasteiger partial charge in [-0.25, -0.2) is 5.43 Å². The first-order valence-electron chi connectivity index (χ1n) is 6.53. The number of H-pyrrole nitrogens is 1. The van der Waals surface area contributed by atoms with Crippen LogP contribution in [-0.4, -0.2) is 16.6 Å². The SMILES string of the molecule is O=C(N/N=C1/CCCc2ccccc21)c1cc(Br)c[nH]1. The van der Waals surface area contributed by atoms with Crippen LogP contribution in [-0.2, 0) is 6.42 Å². The van der Waals surface area contributed by atoms with Crippen molar-refractivity contribution in [2.45, 2.75) is 19.3 Å². The number of benzene rings is 1. The first-order chi connectivity index (χ1) is 9.74.